The summed E-state index contributed by atoms with van der Waals surface area (Å²) < 4.78 is 5.28. The van der Waals surface area contributed by atoms with Crippen LogP contribution in [0.2, 0.25) is 0 Å². The second-order valence-corrected chi connectivity index (χ2v) is 4.43. The minimum atomic E-state index is -0.729. The monoisotopic (exact) mass is 231 g/mol. The van der Waals surface area contributed by atoms with E-state index in [1.165, 1.54) is 0 Å². The first-order valence-corrected chi connectivity index (χ1v) is 5.66. The molecule has 1 aromatic heterocycles. The molecule has 0 saturated carbocycles. The number of hydrogen-bond acceptors (Lipinski definition) is 3. The molecular formula is C13H13NO3. The maximum Gasteiger partial charge on any atom is 0.308 e. The summed E-state index contributed by atoms with van der Waals surface area (Å²) in [6.07, 6.45) is 1.65. The van der Waals surface area contributed by atoms with Crippen molar-refractivity contribution in [3.63, 3.8) is 0 Å². The van der Waals surface area contributed by atoms with Crippen LogP contribution in [0.3, 0.4) is 0 Å². The van der Waals surface area contributed by atoms with Crippen molar-refractivity contribution in [2.24, 2.45) is 5.92 Å². The highest BCUT2D eigenvalue weighted by atomic mass is 16.4. The van der Waals surface area contributed by atoms with E-state index in [0.717, 1.165) is 23.1 Å². The number of benzene rings is 1. The van der Waals surface area contributed by atoms with Crippen molar-refractivity contribution in [2.75, 3.05) is 13.1 Å². The summed E-state index contributed by atoms with van der Waals surface area (Å²) in [6.45, 7) is 1.27. The maximum atomic E-state index is 11.1. The molecule has 2 unspecified atom stereocenters. The molecule has 2 atom stereocenters. The third kappa shape index (κ3) is 1.70. The molecule has 0 spiro atoms. The van der Waals surface area contributed by atoms with Crippen LogP contribution in [0.15, 0.2) is 34.9 Å². The van der Waals surface area contributed by atoms with Crippen molar-refractivity contribution in [2.45, 2.75) is 5.92 Å². The molecule has 0 radical (unpaired) electrons. The first-order chi connectivity index (χ1) is 8.25. The number of furan rings is 1. The van der Waals surface area contributed by atoms with Crippen LogP contribution in [0.1, 0.15) is 11.5 Å². The van der Waals surface area contributed by atoms with Crippen LogP contribution in [0, 0.1) is 5.92 Å². The minimum Gasteiger partial charge on any atom is -0.481 e. The van der Waals surface area contributed by atoms with Crippen LogP contribution < -0.4 is 5.32 Å². The van der Waals surface area contributed by atoms with Gasteiger partial charge >= 0.3 is 5.97 Å². The van der Waals surface area contributed by atoms with E-state index >= 15 is 0 Å². The molecule has 17 heavy (non-hydrogen) atoms. The molecule has 0 bridgehead atoms. The highest BCUT2D eigenvalue weighted by Crippen LogP contribution is 2.30. The molecule has 1 fully saturated rings. The van der Waals surface area contributed by atoms with Gasteiger partial charge in [0.1, 0.15) is 5.58 Å². The Balaban J connectivity index is 1.99. The second-order valence-electron chi connectivity index (χ2n) is 4.43. The number of aliphatic carboxylic acids is 1. The molecule has 1 aliphatic rings. The molecular weight excluding hydrogens is 218 g/mol. The fraction of sp³-hybridized carbons (Fsp3) is 0.308. The topological polar surface area (TPSA) is 62.5 Å². The van der Waals surface area contributed by atoms with Crippen LogP contribution in [0.4, 0.5) is 0 Å². The Kier molecular flexibility index (Phi) is 2.37. The van der Waals surface area contributed by atoms with Gasteiger partial charge in [-0.25, -0.2) is 0 Å². The Morgan fingerprint density at radius 1 is 1.35 bits per heavy atom. The van der Waals surface area contributed by atoms with Gasteiger partial charge in [0.05, 0.1) is 12.2 Å². The van der Waals surface area contributed by atoms with E-state index in [9.17, 15) is 4.79 Å². The smallest absolute Gasteiger partial charge is 0.308 e. The number of carboxylic acid groups (broad SMARTS) is 1. The fourth-order valence-electron chi connectivity index (χ4n) is 2.50. The summed E-state index contributed by atoms with van der Waals surface area (Å²) in [6, 6.07) is 7.78. The first kappa shape index (κ1) is 10.4. The summed E-state index contributed by atoms with van der Waals surface area (Å²) in [4.78, 5) is 11.1. The van der Waals surface area contributed by atoms with Gasteiger partial charge < -0.3 is 14.8 Å². The summed E-state index contributed by atoms with van der Waals surface area (Å²) in [5, 5.41) is 13.3. The van der Waals surface area contributed by atoms with Crippen molar-refractivity contribution in [1.29, 1.82) is 0 Å². The number of hydrogen-bond donors (Lipinski definition) is 2. The van der Waals surface area contributed by atoms with E-state index in [1.54, 1.807) is 6.26 Å². The zero-order valence-corrected chi connectivity index (χ0v) is 9.22. The van der Waals surface area contributed by atoms with Crippen molar-refractivity contribution in [3.05, 3.63) is 36.1 Å². The van der Waals surface area contributed by atoms with Crippen molar-refractivity contribution in [3.8, 4) is 0 Å². The summed E-state index contributed by atoms with van der Waals surface area (Å²) >= 11 is 0. The lowest BCUT2D eigenvalue weighted by Gasteiger charge is -2.14. The van der Waals surface area contributed by atoms with E-state index < -0.39 is 5.97 Å². The van der Waals surface area contributed by atoms with Crippen molar-refractivity contribution in [1.82, 2.24) is 5.32 Å². The Morgan fingerprint density at radius 3 is 3.06 bits per heavy atom. The molecule has 3 rings (SSSR count). The first-order valence-electron chi connectivity index (χ1n) is 5.66. The summed E-state index contributed by atoms with van der Waals surface area (Å²) in [5.74, 6) is -1.02. The van der Waals surface area contributed by atoms with E-state index in [4.69, 9.17) is 9.52 Å². The average Bonchev–Trinajstić information content (AvgIpc) is 2.96. The zero-order chi connectivity index (χ0) is 11.8. The minimum absolute atomic E-state index is 0.0480. The highest BCUT2D eigenvalue weighted by molar-refractivity contribution is 5.78. The van der Waals surface area contributed by atoms with Gasteiger partial charge in [-0.2, -0.15) is 0 Å². The van der Waals surface area contributed by atoms with E-state index in [0.29, 0.717) is 6.54 Å². The van der Waals surface area contributed by atoms with Crippen LogP contribution in [0.25, 0.3) is 11.0 Å². The van der Waals surface area contributed by atoms with Gasteiger partial charge in [0.15, 0.2) is 0 Å². The molecule has 0 amide bonds. The van der Waals surface area contributed by atoms with E-state index in [-0.39, 0.29) is 11.8 Å². The zero-order valence-electron chi connectivity index (χ0n) is 9.22. The number of nitrogens with one attached hydrogen (secondary N) is 1. The van der Waals surface area contributed by atoms with Gasteiger partial charge in [-0.3, -0.25) is 4.79 Å². The molecule has 1 aliphatic heterocycles. The average molecular weight is 231 g/mol. The lowest BCUT2D eigenvalue weighted by atomic mass is 9.88. The molecule has 1 aromatic carbocycles. The van der Waals surface area contributed by atoms with E-state index in [1.807, 2.05) is 24.3 Å². The number of carboxylic acids is 1. The number of fused-ring (bicyclic) bond motifs is 1. The normalized spacial score (nSPS) is 24.2. The standard InChI is InChI=1S/C13H13NO3/c15-13(16)11-7-14-6-10(11)8-1-2-12-9(5-8)3-4-17-12/h1-5,10-11,14H,6-7H2,(H,15,16). The van der Waals surface area contributed by atoms with Gasteiger partial charge in [-0.15, -0.1) is 0 Å². The third-order valence-electron chi connectivity index (χ3n) is 3.44. The van der Waals surface area contributed by atoms with Gasteiger partial charge in [0, 0.05) is 24.4 Å². The van der Waals surface area contributed by atoms with Gasteiger partial charge in [0.25, 0.3) is 0 Å². The van der Waals surface area contributed by atoms with E-state index in [2.05, 4.69) is 5.32 Å². The lowest BCUT2D eigenvalue weighted by Crippen LogP contribution is -2.20. The van der Waals surface area contributed by atoms with Gasteiger partial charge in [-0.1, -0.05) is 6.07 Å². The maximum absolute atomic E-state index is 11.1. The third-order valence-corrected chi connectivity index (χ3v) is 3.44. The lowest BCUT2D eigenvalue weighted by molar-refractivity contribution is -0.141. The predicted molar refractivity (Wildman–Crippen MR) is 63.0 cm³/mol. The predicted octanol–water partition coefficient (Wildman–Crippen LogP) is 1.82. The number of rotatable bonds is 2. The molecule has 2 aromatic rings. The highest BCUT2D eigenvalue weighted by Gasteiger charge is 2.33. The van der Waals surface area contributed by atoms with Crippen LogP contribution in [-0.2, 0) is 4.79 Å². The molecule has 2 heterocycles. The van der Waals surface area contributed by atoms with Crippen LogP contribution in [-0.4, -0.2) is 24.2 Å². The molecule has 0 aliphatic carbocycles. The number of carbonyl (C=O) groups is 1. The largest absolute Gasteiger partial charge is 0.481 e. The Labute approximate surface area is 98.2 Å². The summed E-state index contributed by atoms with van der Waals surface area (Å²) in [7, 11) is 0. The van der Waals surface area contributed by atoms with Gasteiger partial charge in [-0.05, 0) is 23.8 Å². The fourth-order valence-corrected chi connectivity index (χ4v) is 2.50. The molecule has 4 heteroatoms. The molecule has 4 nitrogen and oxygen atoms in total. The quantitative estimate of drug-likeness (QED) is 0.827. The van der Waals surface area contributed by atoms with Gasteiger partial charge in [0.2, 0.25) is 0 Å². The second kappa shape index (κ2) is 3.89. The molecule has 88 valence electrons. The van der Waals surface area contributed by atoms with Crippen LogP contribution >= 0.6 is 0 Å². The van der Waals surface area contributed by atoms with Crippen LogP contribution in [0.5, 0.6) is 0 Å². The molecule has 2 N–H and O–H groups in total. The SMILES string of the molecule is O=C(O)C1CNCC1c1ccc2occc2c1. The Morgan fingerprint density at radius 2 is 2.24 bits per heavy atom. The Hall–Kier alpha value is -1.81. The molecule has 1 saturated heterocycles. The van der Waals surface area contributed by atoms with Crippen molar-refractivity contribution >= 4 is 16.9 Å². The Bertz CT molecular complexity index is 561. The van der Waals surface area contributed by atoms with Crippen molar-refractivity contribution < 1.29 is 14.3 Å². The summed E-state index contributed by atoms with van der Waals surface area (Å²) in [5.41, 5.74) is 1.91.